The average Bonchev–Trinajstić information content (AvgIpc) is 2.90. The summed E-state index contributed by atoms with van der Waals surface area (Å²) >= 11 is 0. The molecule has 1 fully saturated rings. The molecule has 0 bridgehead atoms. The van der Waals surface area contributed by atoms with Crippen LogP contribution in [-0.4, -0.2) is 40.2 Å². The standard InChI is InChI=1S/C17H16F3N3O3/c1-9-8-25-17(24)23(9)7-14-10(2)21-6-13(22-14)11-3-4-12(18)15(5-11)26-16(19)20/h3-6,9,16H,7-8H2,1-2H3. The smallest absolute Gasteiger partial charge is 0.410 e. The Morgan fingerprint density at radius 3 is 2.85 bits per heavy atom. The molecule has 1 saturated heterocycles. The van der Waals surface area contributed by atoms with Crippen LogP contribution in [0.15, 0.2) is 24.4 Å². The number of aromatic nitrogens is 2. The second-order valence-corrected chi connectivity index (χ2v) is 5.86. The van der Waals surface area contributed by atoms with Crippen LogP contribution in [0.25, 0.3) is 11.3 Å². The minimum absolute atomic E-state index is 0.0933. The predicted molar refractivity (Wildman–Crippen MR) is 85.1 cm³/mol. The lowest BCUT2D eigenvalue weighted by Crippen LogP contribution is -2.31. The van der Waals surface area contributed by atoms with Crippen LogP contribution >= 0.6 is 0 Å². The molecule has 3 rings (SSSR count). The third-order valence-electron chi connectivity index (χ3n) is 4.03. The van der Waals surface area contributed by atoms with Crippen LogP contribution < -0.4 is 4.74 Å². The van der Waals surface area contributed by atoms with Gasteiger partial charge in [0.2, 0.25) is 0 Å². The van der Waals surface area contributed by atoms with E-state index in [1.807, 2.05) is 6.92 Å². The molecule has 0 radical (unpaired) electrons. The van der Waals surface area contributed by atoms with Crippen molar-refractivity contribution in [3.8, 4) is 17.0 Å². The van der Waals surface area contributed by atoms with Crippen LogP contribution in [0.5, 0.6) is 5.75 Å². The van der Waals surface area contributed by atoms with Crippen molar-refractivity contribution < 1.29 is 27.4 Å². The third-order valence-corrected chi connectivity index (χ3v) is 4.03. The number of hydrogen-bond acceptors (Lipinski definition) is 5. The summed E-state index contributed by atoms with van der Waals surface area (Å²) in [6.45, 7) is 0.965. The molecule has 2 heterocycles. The number of amides is 1. The Morgan fingerprint density at radius 1 is 1.42 bits per heavy atom. The first-order valence-electron chi connectivity index (χ1n) is 7.86. The molecule has 1 aromatic carbocycles. The normalized spacial score (nSPS) is 16.9. The summed E-state index contributed by atoms with van der Waals surface area (Å²) in [4.78, 5) is 22.0. The van der Waals surface area contributed by atoms with Crippen molar-refractivity contribution in [2.45, 2.75) is 33.0 Å². The number of benzene rings is 1. The maximum atomic E-state index is 13.6. The Kier molecular flexibility index (Phi) is 4.97. The van der Waals surface area contributed by atoms with E-state index in [1.54, 1.807) is 6.92 Å². The monoisotopic (exact) mass is 367 g/mol. The minimum Gasteiger partial charge on any atom is -0.447 e. The van der Waals surface area contributed by atoms with Crippen molar-refractivity contribution in [3.05, 3.63) is 41.6 Å². The van der Waals surface area contributed by atoms with Gasteiger partial charge in [0.15, 0.2) is 11.6 Å². The first-order valence-corrected chi connectivity index (χ1v) is 7.86. The van der Waals surface area contributed by atoms with Gasteiger partial charge in [-0.3, -0.25) is 9.88 Å². The first kappa shape index (κ1) is 18.0. The van der Waals surface area contributed by atoms with Gasteiger partial charge in [-0.2, -0.15) is 8.78 Å². The molecule has 138 valence electrons. The van der Waals surface area contributed by atoms with Crippen LogP contribution in [0, 0.1) is 12.7 Å². The lowest BCUT2D eigenvalue weighted by molar-refractivity contribution is -0.0521. The maximum Gasteiger partial charge on any atom is 0.410 e. The van der Waals surface area contributed by atoms with Gasteiger partial charge in [0, 0.05) is 5.56 Å². The van der Waals surface area contributed by atoms with Gasteiger partial charge in [0.25, 0.3) is 0 Å². The Balaban J connectivity index is 1.91. The number of alkyl halides is 2. The van der Waals surface area contributed by atoms with Gasteiger partial charge in [-0.15, -0.1) is 0 Å². The summed E-state index contributed by atoms with van der Waals surface area (Å²) in [5.41, 5.74) is 1.87. The molecule has 0 aliphatic carbocycles. The molecular weight excluding hydrogens is 351 g/mol. The van der Waals surface area contributed by atoms with Crippen molar-refractivity contribution in [3.63, 3.8) is 0 Å². The van der Waals surface area contributed by atoms with E-state index in [9.17, 15) is 18.0 Å². The summed E-state index contributed by atoms with van der Waals surface area (Å²) in [7, 11) is 0. The highest BCUT2D eigenvalue weighted by atomic mass is 19.3. The summed E-state index contributed by atoms with van der Waals surface area (Å²) in [6, 6.07) is 3.46. The van der Waals surface area contributed by atoms with Crippen LogP contribution in [0.4, 0.5) is 18.0 Å². The van der Waals surface area contributed by atoms with Crippen molar-refractivity contribution >= 4 is 6.09 Å². The van der Waals surface area contributed by atoms with Gasteiger partial charge in [-0.05, 0) is 32.0 Å². The number of ether oxygens (including phenoxy) is 2. The molecule has 1 aliphatic heterocycles. The molecule has 1 unspecified atom stereocenters. The summed E-state index contributed by atoms with van der Waals surface area (Å²) < 4.78 is 47.5. The topological polar surface area (TPSA) is 64.6 Å². The number of carbonyl (C=O) groups is 1. The largest absolute Gasteiger partial charge is 0.447 e. The van der Waals surface area contributed by atoms with Gasteiger partial charge in [0.1, 0.15) is 6.61 Å². The molecule has 0 N–H and O–H groups in total. The Morgan fingerprint density at radius 2 is 2.19 bits per heavy atom. The molecule has 9 heteroatoms. The van der Waals surface area contributed by atoms with E-state index in [-0.39, 0.29) is 12.6 Å². The molecule has 1 amide bonds. The molecule has 2 aromatic rings. The number of cyclic esters (lactones) is 1. The fourth-order valence-electron chi connectivity index (χ4n) is 2.55. The Hall–Kier alpha value is -2.84. The highest BCUT2D eigenvalue weighted by Crippen LogP contribution is 2.27. The Bertz CT molecular complexity index is 832. The second-order valence-electron chi connectivity index (χ2n) is 5.86. The maximum absolute atomic E-state index is 13.6. The molecule has 0 spiro atoms. The predicted octanol–water partition coefficient (Wildman–Crippen LogP) is 3.53. The number of halogens is 3. The molecule has 26 heavy (non-hydrogen) atoms. The van der Waals surface area contributed by atoms with Gasteiger partial charge >= 0.3 is 12.7 Å². The number of aryl methyl sites for hydroxylation is 1. The fourth-order valence-corrected chi connectivity index (χ4v) is 2.55. The minimum atomic E-state index is -3.14. The highest BCUT2D eigenvalue weighted by Gasteiger charge is 2.30. The summed E-state index contributed by atoms with van der Waals surface area (Å²) in [6.07, 6.45) is 1.02. The SMILES string of the molecule is Cc1ncc(-c2ccc(F)c(OC(F)F)c2)nc1CN1C(=O)OCC1C. The van der Waals surface area contributed by atoms with Gasteiger partial charge in [-0.1, -0.05) is 0 Å². The second kappa shape index (κ2) is 7.19. The summed E-state index contributed by atoms with van der Waals surface area (Å²) in [5.74, 6) is -1.47. The third kappa shape index (κ3) is 3.71. The van der Waals surface area contributed by atoms with Crippen LogP contribution in [0.3, 0.4) is 0 Å². The number of rotatable bonds is 5. The zero-order chi connectivity index (χ0) is 18.8. The zero-order valence-electron chi connectivity index (χ0n) is 14.1. The number of hydrogen-bond donors (Lipinski definition) is 0. The van der Waals surface area contributed by atoms with Crippen molar-refractivity contribution in [1.82, 2.24) is 14.9 Å². The van der Waals surface area contributed by atoms with Crippen LogP contribution in [-0.2, 0) is 11.3 Å². The van der Waals surface area contributed by atoms with Gasteiger partial charge in [-0.25, -0.2) is 14.2 Å². The molecular formula is C17H16F3N3O3. The molecule has 1 atom stereocenters. The number of carbonyl (C=O) groups excluding carboxylic acids is 1. The van der Waals surface area contributed by atoms with Crippen molar-refractivity contribution in [2.24, 2.45) is 0 Å². The zero-order valence-corrected chi connectivity index (χ0v) is 14.1. The molecule has 0 saturated carbocycles. The Labute approximate surface area is 147 Å². The fraction of sp³-hybridized carbons (Fsp3) is 0.353. The average molecular weight is 367 g/mol. The van der Waals surface area contributed by atoms with Crippen molar-refractivity contribution in [2.75, 3.05) is 6.61 Å². The van der Waals surface area contributed by atoms with Crippen molar-refractivity contribution in [1.29, 1.82) is 0 Å². The lowest BCUT2D eigenvalue weighted by Gasteiger charge is -2.18. The molecule has 1 aliphatic rings. The summed E-state index contributed by atoms with van der Waals surface area (Å²) in [5, 5.41) is 0. The van der Waals surface area contributed by atoms with E-state index >= 15 is 0 Å². The highest BCUT2D eigenvalue weighted by molar-refractivity contribution is 5.70. The number of nitrogens with zero attached hydrogens (tertiary/aromatic N) is 3. The van der Waals surface area contributed by atoms with Gasteiger partial charge in [0.05, 0.1) is 35.9 Å². The van der Waals surface area contributed by atoms with E-state index in [0.717, 1.165) is 12.1 Å². The first-order chi connectivity index (χ1) is 12.3. The van der Waals surface area contributed by atoms with Crippen LogP contribution in [0.1, 0.15) is 18.3 Å². The van der Waals surface area contributed by atoms with E-state index in [0.29, 0.717) is 29.3 Å². The quantitative estimate of drug-likeness (QED) is 0.809. The lowest BCUT2D eigenvalue weighted by atomic mass is 10.1. The molecule has 6 nitrogen and oxygen atoms in total. The van der Waals surface area contributed by atoms with E-state index in [1.165, 1.54) is 17.2 Å². The van der Waals surface area contributed by atoms with E-state index < -0.39 is 24.3 Å². The van der Waals surface area contributed by atoms with E-state index in [2.05, 4.69) is 14.7 Å². The van der Waals surface area contributed by atoms with Crippen LogP contribution in [0.2, 0.25) is 0 Å². The van der Waals surface area contributed by atoms with E-state index in [4.69, 9.17) is 4.74 Å². The van der Waals surface area contributed by atoms with Gasteiger partial charge < -0.3 is 9.47 Å². The molecule has 1 aromatic heterocycles.